The number of nitrogens with zero attached hydrogens (tertiary/aromatic N) is 2. The summed E-state index contributed by atoms with van der Waals surface area (Å²) in [6.07, 6.45) is -0.827. The lowest BCUT2D eigenvalue weighted by atomic mass is 9.87. The Balaban J connectivity index is 1.76. The van der Waals surface area contributed by atoms with Crippen LogP contribution in [0.3, 0.4) is 0 Å². The molecule has 24 heavy (non-hydrogen) atoms. The van der Waals surface area contributed by atoms with Crippen molar-refractivity contribution in [3.8, 4) is 0 Å². The van der Waals surface area contributed by atoms with Gasteiger partial charge < -0.3 is 15.5 Å². The van der Waals surface area contributed by atoms with E-state index < -0.39 is 35.8 Å². The Labute approximate surface area is 138 Å². The van der Waals surface area contributed by atoms with Gasteiger partial charge in [-0.1, -0.05) is 18.2 Å². The molecule has 2 N–H and O–H groups in total. The van der Waals surface area contributed by atoms with Gasteiger partial charge in [0.15, 0.2) is 0 Å². The maximum absolute atomic E-state index is 12.4. The number of carbonyl (C=O) groups is 4. The van der Waals surface area contributed by atoms with Crippen LogP contribution in [-0.2, 0) is 14.4 Å². The molecule has 2 fully saturated rings. The highest BCUT2D eigenvalue weighted by atomic mass is 16.2. The van der Waals surface area contributed by atoms with E-state index in [-0.39, 0.29) is 12.3 Å². The van der Waals surface area contributed by atoms with E-state index >= 15 is 0 Å². The minimum atomic E-state index is -0.802. The number of hydrogen-bond donors (Lipinski definition) is 2. The first kappa shape index (κ1) is 16.0. The second kappa shape index (κ2) is 5.95. The van der Waals surface area contributed by atoms with Gasteiger partial charge in [0.05, 0.1) is 11.8 Å². The largest absolute Gasteiger partial charge is 0.335 e. The van der Waals surface area contributed by atoms with E-state index in [1.54, 1.807) is 24.3 Å². The van der Waals surface area contributed by atoms with Crippen molar-refractivity contribution in [2.75, 3.05) is 19.4 Å². The molecule has 0 spiro atoms. The second-order valence-corrected chi connectivity index (χ2v) is 5.99. The highest BCUT2D eigenvalue weighted by Gasteiger charge is 2.54. The highest BCUT2D eigenvalue weighted by Crippen LogP contribution is 2.33. The van der Waals surface area contributed by atoms with E-state index in [1.807, 2.05) is 6.07 Å². The van der Waals surface area contributed by atoms with Crippen molar-refractivity contribution in [3.05, 3.63) is 30.3 Å². The van der Waals surface area contributed by atoms with Gasteiger partial charge in [0.25, 0.3) is 0 Å². The third-order valence-electron chi connectivity index (χ3n) is 4.49. The standard InChI is InChI=1S/C16H18N4O4/c1-19-13-12(15(23)20(2)16(19)24)10(14(22)18-13)8-11(21)17-9-6-4-3-5-7-9/h3-7,10,12-13H,8H2,1-2H3,(H,17,21)(H,18,22). The summed E-state index contributed by atoms with van der Waals surface area (Å²) in [6, 6.07) is 8.40. The molecule has 1 aromatic carbocycles. The number of hydrogen-bond acceptors (Lipinski definition) is 4. The Hall–Kier alpha value is -2.90. The van der Waals surface area contributed by atoms with E-state index in [4.69, 9.17) is 0 Å². The Morgan fingerprint density at radius 1 is 1.17 bits per heavy atom. The molecule has 0 aromatic heterocycles. The van der Waals surface area contributed by atoms with Crippen LogP contribution in [-0.4, -0.2) is 53.8 Å². The molecule has 0 saturated carbocycles. The zero-order valence-corrected chi connectivity index (χ0v) is 13.4. The topological polar surface area (TPSA) is 98.8 Å². The van der Waals surface area contributed by atoms with Gasteiger partial charge in [0.2, 0.25) is 17.7 Å². The number of amides is 5. The molecule has 0 radical (unpaired) electrons. The minimum Gasteiger partial charge on any atom is -0.335 e. The number of anilines is 1. The van der Waals surface area contributed by atoms with Crippen molar-refractivity contribution in [1.29, 1.82) is 0 Å². The molecule has 126 valence electrons. The summed E-state index contributed by atoms with van der Waals surface area (Å²) >= 11 is 0. The summed E-state index contributed by atoms with van der Waals surface area (Å²) in [5, 5.41) is 5.35. The van der Waals surface area contributed by atoms with Crippen LogP contribution in [0.4, 0.5) is 10.5 Å². The molecule has 3 unspecified atom stereocenters. The molecule has 5 amide bonds. The van der Waals surface area contributed by atoms with Crippen LogP contribution in [0.15, 0.2) is 30.3 Å². The van der Waals surface area contributed by atoms with Crippen molar-refractivity contribution in [2.45, 2.75) is 12.6 Å². The predicted octanol–water partition coefficient (Wildman–Crippen LogP) is 0.227. The number of benzene rings is 1. The minimum absolute atomic E-state index is 0.122. The lowest BCUT2D eigenvalue weighted by Gasteiger charge is -2.38. The fraction of sp³-hybridized carbons (Fsp3) is 0.375. The molecular weight excluding hydrogens is 312 g/mol. The summed E-state index contributed by atoms with van der Waals surface area (Å²) in [5.74, 6) is -2.75. The van der Waals surface area contributed by atoms with E-state index in [1.165, 1.54) is 19.0 Å². The molecular formula is C16H18N4O4. The average molecular weight is 330 g/mol. The van der Waals surface area contributed by atoms with Gasteiger partial charge in [-0.05, 0) is 12.1 Å². The molecule has 3 rings (SSSR count). The van der Waals surface area contributed by atoms with Gasteiger partial charge in [0.1, 0.15) is 6.17 Å². The summed E-state index contributed by atoms with van der Waals surface area (Å²) in [5.41, 5.74) is 0.622. The third-order valence-corrected chi connectivity index (χ3v) is 4.49. The number of imide groups is 1. The van der Waals surface area contributed by atoms with Crippen LogP contribution in [0, 0.1) is 11.8 Å². The Morgan fingerprint density at radius 2 is 1.83 bits per heavy atom. The molecule has 0 bridgehead atoms. The summed E-state index contributed by atoms with van der Waals surface area (Å²) < 4.78 is 0. The van der Waals surface area contributed by atoms with Crippen molar-refractivity contribution in [2.24, 2.45) is 11.8 Å². The SMILES string of the molecule is CN1C(=O)C2C(CC(=O)Nc3ccccc3)C(=O)NC2N(C)C1=O. The molecule has 8 nitrogen and oxygen atoms in total. The van der Waals surface area contributed by atoms with Gasteiger partial charge in [0, 0.05) is 26.2 Å². The summed E-state index contributed by atoms with van der Waals surface area (Å²) in [7, 11) is 2.90. The molecule has 2 aliphatic heterocycles. The van der Waals surface area contributed by atoms with Gasteiger partial charge in [-0.3, -0.25) is 19.3 Å². The molecule has 2 aliphatic rings. The van der Waals surface area contributed by atoms with Crippen LogP contribution in [0.1, 0.15) is 6.42 Å². The predicted molar refractivity (Wildman–Crippen MR) is 84.5 cm³/mol. The fourth-order valence-corrected chi connectivity index (χ4v) is 3.20. The lowest BCUT2D eigenvalue weighted by Crippen LogP contribution is -2.61. The van der Waals surface area contributed by atoms with E-state index in [9.17, 15) is 19.2 Å². The normalized spacial score (nSPS) is 26.2. The zero-order valence-electron chi connectivity index (χ0n) is 13.4. The van der Waals surface area contributed by atoms with Crippen molar-refractivity contribution in [1.82, 2.24) is 15.1 Å². The quantitative estimate of drug-likeness (QED) is 0.828. The number of nitrogens with one attached hydrogen (secondary N) is 2. The van der Waals surface area contributed by atoms with Gasteiger partial charge in [-0.25, -0.2) is 4.79 Å². The molecule has 0 aliphatic carbocycles. The summed E-state index contributed by atoms with van der Waals surface area (Å²) in [6.45, 7) is 0. The smallest absolute Gasteiger partial charge is 0.327 e. The van der Waals surface area contributed by atoms with Gasteiger partial charge >= 0.3 is 6.03 Å². The highest BCUT2D eigenvalue weighted by molar-refractivity contribution is 6.04. The van der Waals surface area contributed by atoms with E-state index in [2.05, 4.69) is 10.6 Å². The first-order valence-electron chi connectivity index (χ1n) is 7.60. The third kappa shape index (κ3) is 2.60. The number of carbonyl (C=O) groups excluding carboxylic acids is 4. The summed E-state index contributed by atoms with van der Waals surface area (Å²) in [4.78, 5) is 51.1. The van der Waals surface area contributed by atoms with Crippen LogP contribution >= 0.6 is 0 Å². The Kier molecular flexibility index (Phi) is 3.96. The van der Waals surface area contributed by atoms with Crippen molar-refractivity contribution >= 4 is 29.4 Å². The first-order chi connectivity index (χ1) is 11.4. The van der Waals surface area contributed by atoms with E-state index in [0.717, 1.165) is 4.90 Å². The number of para-hydroxylation sites is 1. The molecule has 3 atom stereocenters. The molecule has 8 heteroatoms. The van der Waals surface area contributed by atoms with Crippen LogP contribution in [0.25, 0.3) is 0 Å². The van der Waals surface area contributed by atoms with Crippen LogP contribution in [0.5, 0.6) is 0 Å². The maximum Gasteiger partial charge on any atom is 0.327 e. The average Bonchev–Trinajstić information content (AvgIpc) is 2.88. The van der Waals surface area contributed by atoms with E-state index in [0.29, 0.717) is 5.69 Å². The number of fused-ring (bicyclic) bond motifs is 1. The first-order valence-corrected chi connectivity index (χ1v) is 7.60. The number of urea groups is 1. The van der Waals surface area contributed by atoms with Crippen LogP contribution < -0.4 is 10.6 Å². The second-order valence-electron chi connectivity index (χ2n) is 5.99. The maximum atomic E-state index is 12.4. The van der Waals surface area contributed by atoms with Crippen molar-refractivity contribution < 1.29 is 19.2 Å². The fourth-order valence-electron chi connectivity index (χ4n) is 3.20. The molecule has 1 aromatic rings. The molecule has 2 heterocycles. The lowest BCUT2D eigenvalue weighted by molar-refractivity contribution is -0.139. The zero-order chi connectivity index (χ0) is 17.4. The number of rotatable bonds is 3. The Bertz CT molecular complexity index is 705. The monoisotopic (exact) mass is 330 g/mol. The van der Waals surface area contributed by atoms with Gasteiger partial charge in [-0.15, -0.1) is 0 Å². The van der Waals surface area contributed by atoms with Gasteiger partial charge in [-0.2, -0.15) is 0 Å². The van der Waals surface area contributed by atoms with Crippen LogP contribution in [0.2, 0.25) is 0 Å². The Morgan fingerprint density at radius 3 is 2.50 bits per heavy atom. The molecule has 2 saturated heterocycles. The van der Waals surface area contributed by atoms with Crippen molar-refractivity contribution in [3.63, 3.8) is 0 Å².